The Morgan fingerprint density at radius 3 is 1.32 bits per heavy atom. The first-order chi connectivity index (χ1) is 11.4. The Kier molecular flexibility index (Phi) is 3.97. The van der Waals surface area contributed by atoms with E-state index in [1.807, 2.05) is 0 Å². The quantitative estimate of drug-likeness (QED) is 0.818. The molecule has 0 aliphatic carbocycles. The first-order valence-corrected chi connectivity index (χ1v) is 8.96. The summed E-state index contributed by atoms with van der Waals surface area (Å²) in [5.74, 6) is 1.23. The minimum absolute atomic E-state index is 0.0905. The van der Waals surface area contributed by atoms with Gasteiger partial charge in [0, 0.05) is 0 Å². The van der Waals surface area contributed by atoms with Crippen molar-refractivity contribution in [3.8, 4) is 0 Å². The van der Waals surface area contributed by atoms with Crippen molar-refractivity contribution in [3.05, 3.63) is 28.1 Å². The van der Waals surface area contributed by atoms with Crippen LogP contribution in [0.1, 0.15) is 69.6 Å². The summed E-state index contributed by atoms with van der Waals surface area (Å²) in [6.07, 6.45) is 0. The van der Waals surface area contributed by atoms with Gasteiger partial charge in [0.2, 0.25) is 11.8 Å². The Labute approximate surface area is 150 Å². The van der Waals surface area contributed by atoms with Gasteiger partial charge in [-0.1, -0.05) is 0 Å². The van der Waals surface area contributed by atoms with Crippen LogP contribution >= 0.6 is 0 Å². The van der Waals surface area contributed by atoms with E-state index >= 15 is 0 Å². The summed E-state index contributed by atoms with van der Waals surface area (Å²) >= 11 is 0. The second kappa shape index (κ2) is 5.55. The van der Waals surface area contributed by atoms with E-state index in [-0.39, 0.29) is 23.3 Å². The summed E-state index contributed by atoms with van der Waals surface area (Å²) in [4.78, 5) is 14.3. The van der Waals surface area contributed by atoms with Crippen LogP contribution in [0.15, 0.2) is 9.98 Å². The molecule has 0 aromatic carbocycles. The predicted molar refractivity (Wildman–Crippen MR) is 101 cm³/mol. The number of aliphatic imine (C=N–C) groups is 2. The fourth-order valence-electron chi connectivity index (χ4n) is 2.94. The van der Waals surface area contributed by atoms with Crippen molar-refractivity contribution in [1.82, 2.24) is 4.98 Å². The molecule has 0 saturated heterocycles. The number of hydrogen-bond donors (Lipinski definition) is 0. The van der Waals surface area contributed by atoms with E-state index in [2.05, 4.69) is 62.3 Å². The summed E-state index contributed by atoms with van der Waals surface area (Å²) in [5.41, 5.74) is 4.30. The second-order valence-corrected chi connectivity index (χ2v) is 8.32. The molecule has 0 bridgehead atoms. The van der Waals surface area contributed by atoms with E-state index in [4.69, 9.17) is 24.4 Å². The van der Waals surface area contributed by atoms with Crippen molar-refractivity contribution in [3.63, 3.8) is 0 Å². The van der Waals surface area contributed by atoms with Gasteiger partial charge in [-0.25, -0.2) is 15.0 Å². The smallest absolute Gasteiger partial charge is 0.236 e. The molecule has 3 rings (SSSR count). The zero-order chi connectivity index (χ0) is 18.7. The number of pyridine rings is 1. The number of ether oxygens (including phenoxy) is 2. The lowest BCUT2D eigenvalue weighted by Gasteiger charge is -2.23. The largest absolute Gasteiger partial charge is 0.468 e. The van der Waals surface area contributed by atoms with Crippen LogP contribution in [0.5, 0.6) is 0 Å². The van der Waals surface area contributed by atoms with Gasteiger partial charge in [-0.2, -0.15) is 0 Å². The lowest BCUT2D eigenvalue weighted by Crippen LogP contribution is -2.32. The van der Waals surface area contributed by atoms with Crippen LogP contribution in [-0.2, 0) is 9.47 Å². The second-order valence-electron chi connectivity index (χ2n) is 8.32. The van der Waals surface area contributed by atoms with Gasteiger partial charge >= 0.3 is 0 Å². The predicted octanol–water partition coefficient (Wildman–Crippen LogP) is 3.89. The van der Waals surface area contributed by atoms with E-state index in [1.165, 1.54) is 5.56 Å². The molecular weight excluding hydrogens is 314 g/mol. The lowest BCUT2D eigenvalue weighted by molar-refractivity contribution is 0.102. The third-order valence-corrected chi connectivity index (χ3v) is 5.82. The molecule has 2 aliphatic rings. The fraction of sp³-hybridized carbons (Fsp3) is 0.650. The molecule has 2 unspecified atom stereocenters. The lowest BCUT2D eigenvalue weighted by atomic mass is 10.0. The van der Waals surface area contributed by atoms with Crippen molar-refractivity contribution < 1.29 is 9.47 Å². The molecule has 1 aromatic heterocycles. The summed E-state index contributed by atoms with van der Waals surface area (Å²) in [6, 6.07) is 0.181. The van der Waals surface area contributed by atoms with Gasteiger partial charge in [0.05, 0.1) is 12.1 Å². The van der Waals surface area contributed by atoms with E-state index < -0.39 is 0 Å². The van der Waals surface area contributed by atoms with Crippen molar-refractivity contribution in [2.45, 2.75) is 85.6 Å². The van der Waals surface area contributed by atoms with Gasteiger partial charge < -0.3 is 9.47 Å². The zero-order valence-corrected chi connectivity index (χ0v) is 16.8. The van der Waals surface area contributed by atoms with Crippen molar-refractivity contribution in [2.24, 2.45) is 9.98 Å². The van der Waals surface area contributed by atoms with Crippen molar-refractivity contribution >= 4 is 11.8 Å². The highest BCUT2D eigenvalue weighted by Crippen LogP contribution is 2.32. The highest BCUT2D eigenvalue weighted by atomic mass is 16.5. The highest BCUT2D eigenvalue weighted by Gasteiger charge is 2.39. The molecule has 5 heteroatoms. The summed E-state index contributed by atoms with van der Waals surface area (Å²) in [7, 11) is 0. The van der Waals surface area contributed by atoms with Crippen LogP contribution < -0.4 is 0 Å². The van der Waals surface area contributed by atoms with Crippen LogP contribution in [0.25, 0.3) is 0 Å². The van der Waals surface area contributed by atoms with E-state index in [1.54, 1.807) is 0 Å². The molecule has 0 amide bonds. The molecular formula is C20H29N3O2. The topological polar surface area (TPSA) is 56.1 Å². The van der Waals surface area contributed by atoms with Gasteiger partial charge in [-0.05, 0) is 79.0 Å². The Morgan fingerprint density at radius 2 is 1.04 bits per heavy atom. The highest BCUT2D eigenvalue weighted by molar-refractivity contribution is 6.00. The van der Waals surface area contributed by atoms with Crippen LogP contribution in [0, 0.1) is 20.8 Å². The average molecular weight is 343 g/mol. The number of hydrogen-bond acceptors (Lipinski definition) is 5. The Balaban J connectivity index is 2.10. The first kappa shape index (κ1) is 17.9. The Morgan fingerprint density at radius 1 is 0.680 bits per heavy atom. The van der Waals surface area contributed by atoms with Crippen LogP contribution in [0.2, 0.25) is 0 Å². The Bertz CT molecular complexity index is 728. The molecule has 0 spiro atoms. The van der Waals surface area contributed by atoms with Crippen molar-refractivity contribution in [2.75, 3.05) is 0 Å². The molecule has 0 saturated carbocycles. The van der Waals surface area contributed by atoms with E-state index in [0.717, 1.165) is 22.5 Å². The molecule has 2 atom stereocenters. The number of nitrogens with zero attached hydrogens (tertiary/aromatic N) is 3. The van der Waals surface area contributed by atoms with Crippen LogP contribution in [0.3, 0.4) is 0 Å². The van der Waals surface area contributed by atoms with Crippen LogP contribution in [-0.4, -0.2) is 40.1 Å². The molecule has 2 aliphatic heterocycles. The Hall–Kier alpha value is -1.91. The maximum Gasteiger partial charge on any atom is 0.236 e. The monoisotopic (exact) mass is 343 g/mol. The maximum atomic E-state index is 6.11. The van der Waals surface area contributed by atoms with Crippen molar-refractivity contribution in [1.29, 1.82) is 0 Å². The van der Waals surface area contributed by atoms with Gasteiger partial charge in [-0.15, -0.1) is 0 Å². The molecule has 0 radical (unpaired) electrons. The van der Waals surface area contributed by atoms with Crippen LogP contribution in [0.4, 0.5) is 0 Å². The summed E-state index contributed by atoms with van der Waals surface area (Å²) in [5, 5.41) is 0. The molecule has 3 heterocycles. The minimum Gasteiger partial charge on any atom is -0.468 e. The molecule has 5 nitrogen and oxygen atoms in total. The fourth-order valence-corrected chi connectivity index (χ4v) is 2.94. The zero-order valence-electron chi connectivity index (χ0n) is 16.8. The number of rotatable bonds is 2. The molecule has 1 aromatic rings. The average Bonchev–Trinajstić information content (AvgIpc) is 2.92. The SMILES string of the molecule is Cc1c(C2=NC(C)C(C)(C)O2)nc(C2=NC(C)C(C)(C)O2)c(C)c1C. The van der Waals surface area contributed by atoms with Gasteiger partial charge in [-0.3, -0.25) is 0 Å². The standard InChI is InChI=1S/C20H29N3O2/c1-10-11(2)15(17-21-13(4)19(6,7)24-17)23-16(12(10)3)18-22-14(5)20(8,9)25-18/h13-14H,1-9H3. The van der Waals surface area contributed by atoms with E-state index in [0.29, 0.717) is 11.8 Å². The third-order valence-electron chi connectivity index (χ3n) is 5.82. The molecule has 0 N–H and O–H groups in total. The molecule has 136 valence electrons. The molecule has 25 heavy (non-hydrogen) atoms. The molecule has 0 fully saturated rings. The summed E-state index contributed by atoms with van der Waals surface area (Å²) in [6.45, 7) is 18.6. The van der Waals surface area contributed by atoms with E-state index in [9.17, 15) is 0 Å². The normalized spacial score (nSPS) is 26.8. The van der Waals surface area contributed by atoms with Gasteiger partial charge in [0.1, 0.15) is 22.6 Å². The van der Waals surface area contributed by atoms with Gasteiger partial charge in [0.25, 0.3) is 0 Å². The van der Waals surface area contributed by atoms with Gasteiger partial charge in [0.15, 0.2) is 0 Å². The minimum atomic E-state index is -0.319. The third kappa shape index (κ3) is 2.83. The first-order valence-electron chi connectivity index (χ1n) is 8.96. The number of aromatic nitrogens is 1. The summed E-state index contributed by atoms with van der Waals surface area (Å²) < 4.78 is 12.2. The maximum absolute atomic E-state index is 6.11.